The molecule has 0 fully saturated rings. The van der Waals surface area contributed by atoms with Gasteiger partial charge < -0.3 is 9.47 Å². The lowest BCUT2D eigenvalue weighted by molar-refractivity contribution is -0.385. The summed E-state index contributed by atoms with van der Waals surface area (Å²) in [5.41, 5.74) is 0.0197. The predicted octanol–water partition coefficient (Wildman–Crippen LogP) is 6.94. The van der Waals surface area contributed by atoms with Gasteiger partial charge in [0.2, 0.25) is 0 Å². The molecule has 0 spiro atoms. The molecule has 0 heterocycles. The number of nitrogens with zero attached hydrogens (tertiary/aromatic N) is 1. The molecule has 0 saturated heterocycles. The molecule has 0 radical (unpaired) electrons. The van der Waals surface area contributed by atoms with Crippen molar-refractivity contribution in [3.63, 3.8) is 0 Å². The second-order valence-corrected chi connectivity index (χ2v) is 8.55. The Kier molecular flexibility index (Phi) is 5.53. The van der Waals surface area contributed by atoms with Gasteiger partial charge in [-0.05, 0) is 53.9 Å². The van der Waals surface area contributed by atoms with Gasteiger partial charge in [-0.15, -0.1) is 0 Å². The number of hydrogen-bond acceptors (Lipinski definition) is 5. The smallest absolute Gasteiger partial charge is 0.429 e. The fourth-order valence-corrected chi connectivity index (χ4v) is 3.74. The van der Waals surface area contributed by atoms with Crippen molar-refractivity contribution < 1.29 is 19.2 Å². The summed E-state index contributed by atoms with van der Waals surface area (Å²) >= 11 is 0. The minimum absolute atomic E-state index is 0.120. The van der Waals surface area contributed by atoms with Crippen LogP contribution in [-0.2, 0) is 9.47 Å². The van der Waals surface area contributed by atoms with Gasteiger partial charge in [0.1, 0.15) is 5.60 Å². The van der Waals surface area contributed by atoms with E-state index in [1.807, 2.05) is 42.5 Å². The summed E-state index contributed by atoms with van der Waals surface area (Å²) in [5.74, 6) is 0. The maximum Gasteiger partial charge on any atom is 0.509 e. The highest BCUT2D eigenvalue weighted by Crippen LogP contribution is 2.38. The first kappa shape index (κ1) is 21.3. The second-order valence-electron chi connectivity index (χ2n) is 8.55. The molecule has 0 saturated carbocycles. The Morgan fingerprint density at radius 3 is 2.22 bits per heavy atom. The topological polar surface area (TPSA) is 78.7 Å². The minimum Gasteiger partial charge on any atom is -0.429 e. The number of fused-ring (bicyclic) bond motifs is 3. The van der Waals surface area contributed by atoms with Crippen molar-refractivity contribution in [2.45, 2.75) is 32.5 Å². The van der Waals surface area contributed by atoms with Crippen LogP contribution >= 0.6 is 0 Å². The Morgan fingerprint density at radius 2 is 1.53 bits per heavy atom. The van der Waals surface area contributed by atoms with Crippen LogP contribution in [0.4, 0.5) is 10.5 Å². The number of rotatable bonds is 4. The van der Waals surface area contributed by atoms with E-state index < -0.39 is 22.8 Å². The van der Waals surface area contributed by atoms with E-state index in [0.29, 0.717) is 5.56 Å². The van der Waals surface area contributed by atoms with E-state index in [1.165, 1.54) is 6.07 Å². The van der Waals surface area contributed by atoms with Crippen molar-refractivity contribution in [3.05, 3.63) is 100 Å². The van der Waals surface area contributed by atoms with Crippen LogP contribution in [0.15, 0.2) is 78.9 Å². The van der Waals surface area contributed by atoms with Crippen LogP contribution in [-0.4, -0.2) is 16.7 Å². The molecule has 6 heteroatoms. The van der Waals surface area contributed by atoms with Gasteiger partial charge in [-0.1, -0.05) is 66.7 Å². The van der Waals surface area contributed by atoms with Crippen molar-refractivity contribution in [2.75, 3.05) is 0 Å². The first-order valence-corrected chi connectivity index (χ1v) is 10.3. The molecular formula is C26H23NO5. The van der Waals surface area contributed by atoms with E-state index in [0.717, 1.165) is 21.5 Å². The summed E-state index contributed by atoms with van der Waals surface area (Å²) < 4.78 is 11.0. The lowest BCUT2D eigenvalue weighted by atomic mass is 9.94. The Balaban J connectivity index is 1.94. The zero-order valence-corrected chi connectivity index (χ0v) is 18.1. The molecule has 0 aliphatic rings. The lowest BCUT2D eigenvalue weighted by Crippen LogP contribution is -2.26. The molecule has 162 valence electrons. The molecule has 0 aliphatic carbocycles. The number of carbonyl (C=O) groups excluding carboxylic acids is 1. The summed E-state index contributed by atoms with van der Waals surface area (Å²) in [4.78, 5) is 24.1. The predicted molar refractivity (Wildman–Crippen MR) is 124 cm³/mol. The molecule has 0 N–H and O–H groups in total. The molecule has 4 aromatic rings. The van der Waals surface area contributed by atoms with Gasteiger partial charge >= 0.3 is 6.16 Å². The summed E-state index contributed by atoms with van der Waals surface area (Å²) in [5, 5.41) is 15.6. The fraction of sp³-hybridized carbons (Fsp3) is 0.192. The van der Waals surface area contributed by atoms with Crippen molar-refractivity contribution in [1.29, 1.82) is 0 Å². The van der Waals surface area contributed by atoms with Crippen molar-refractivity contribution >= 4 is 33.4 Å². The zero-order chi connectivity index (χ0) is 22.9. The van der Waals surface area contributed by atoms with Crippen molar-refractivity contribution in [2.24, 2.45) is 0 Å². The molecule has 32 heavy (non-hydrogen) atoms. The second kappa shape index (κ2) is 8.30. The van der Waals surface area contributed by atoms with E-state index in [-0.39, 0.29) is 11.3 Å². The summed E-state index contributed by atoms with van der Waals surface area (Å²) in [6, 6.07) is 23.9. The zero-order valence-electron chi connectivity index (χ0n) is 18.1. The first-order valence-electron chi connectivity index (χ1n) is 10.3. The number of carbonyl (C=O) groups is 1. The standard InChI is InChI=1S/C26H23NO5/c1-26(2,3)32-25(28)31-24(18-10-5-4-6-11-18)22-16-21-19(15-23(22)27(29)30)14-13-17-9-7-8-12-20(17)21/h4-16,24H,1-3H3. The van der Waals surface area contributed by atoms with Crippen molar-refractivity contribution in [1.82, 2.24) is 0 Å². The molecule has 1 atom stereocenters. The summed E-state index contributed by atoms with van der Waals surface area (Å²) in [6.45, 7) is 5.20. The first-order chi connectivity index (χ1) is 15.2. The van der Waals surface area contributed by atoms with Crippen LogP contribution in [0.25, 0.3) is 21.5 Å². The van der Waals surface area contributed by atoms with Crippen LogP contribution in [0.1, 0.15) is 38.0 Å². The highest BCUT2D eigenvalue weighted by atomic mass is 16.7. The molecule has 1 unspecified atom stereocenters. The molecule has 6 nitrogen and oxygen atoms in total. The normalized spacial score (nSPS) is 12.5. The number of hydrogen-bond donors (Lipinski definition) is 0. The van der Waals surface area contributed by atoms with Crippen LogP contribution in [0.2, 0.25) is 0 Å². The van der Waals surface area contributed by atoms with E-state index in [4.69, 9.17) is 9.47 Å². The molecule has 4 rings (SSSR count). The van der Waals surface area contributed by atoms with E-state index in [9.17, 15) is 14.9 Å². The quantitative estimate of drug-likeness (QED) is 0.152. The van der Waals surface area contributed by atoms with E-state index >= 15 is 0 Å². The molecule has 0 bridgehead atoms. The number of ether oxygens (including phenoxy) is 2. The van der Waals surface area contributed by atoms with Crippen LogP contribution < -0.4 is 0 Å². The lowest BCUT2D eigenvalue weighted by Gasteiger charge is -2.23. The van der Waals surface area contributed by atoms with Crippen LogP contribution in [0.3, 0.4) is 0 Å². The molecule has 0 amide bonds. The van der Waals surface area contributed by atoms with Crippen molar-refractivity contribution in [3.8, 4) is 0 Å². The third-order valence-electron chi connectivity index (χ3n) is 5.08. The Hall–Kier alpha value is -3.93. The highest BCUT2D eigenvalue weighted by molar-refractivity contribution is 6.08. The largest absolute Gasteiger partial charge is 0.509 e. The maximum absolute atomic E-state index is 12.6. The van der Waals surface area contributed by atoms with Gasteiger partial charge in [-0.25, -0.2) is 4.79 Å². The van der Waals surface area contributed by atoms with Crippen LogP contribution in [0, 0.1) is 10.1 Å². The average Bonchev–Trinajstić information content (AvgIpc) is 2.76. The van der Waals surface area contributed by atoms with E-state index in [1.54, 1.807) is 51.1 Å². The van der Waals surface area contributed by atoms with Gasteiger partial charge in [-0.3, -0.25) is 10.1 Å². The molecule has 0 aliphatic heterocycles. The molecule has 0 aromatic heterocycles. The number of nitro benzene ring substituents is 1. The highest BCUT2D eigenvalue weighted by Gasteiger charge is 2.30. The summed E-state index contributed by atoms with van der Waals surface area (Å²) in [6.07, 6.45) is -1.89. The Morgan fingerprint density at radius 1 is 0.875 bits per heavy atom. The number of nitro groups is 1. The average molecular weight is 429 g/mol. The monoisotopic (exact) mass is 429 g/mol. The molecular weight excluding hydrogens is 406 g/mol. The third kappa shape index (κ3) is 4.39. The van der Waals surface area contributed by atoms with Gasteiger partial charge in [0.15, 0.2) is 6.10 Å². The molecule has 4 aromatic carbocycles. The Labute approximate surface area is 185 Å². The maximum atomic E-state index is 12.6. The van der Waals surface area contributed by atoms with Crippen LogP contribution in [0.5, 0.6) is 0 Å². The van der Waals surface area contributed by atoms with E-state index in [2.05, 4.69) is 0 Å². The van der Waals surface area contributed by atoms with Gasteiger partial charge in [0.25, 0.3) is 5.69 Å². The SMILES string of the molecule is CC(C)(C)OC(=O)OC(c1ccccc1)c1cc2c(ccc3ccccc32)cc1[N+](=O)[O-]. The number of benzene rings is 4. The summed E-state index contributed by atoms with van der Waals surface area (Å²) in [7, 11) is 0. The van der Waals surface area contributed by atoms with Gasteiger partial charge in [-0.2, -0.15) is 0 Å². The Bertz CT molecular complexity index is 1310. The van der Waals surface area contributed by atoms with Gasteiger partial charge in [0.05, 0.1) is 10.5 Å². The van der Waals surface area contributed by atoms with Gasteiger partial charge in [0, 0.05) is 6.07 Å². The minimum atomic E-state index is -1.00. The third-order valence-corrected chi connectivity index (χ3v) is 5.08. The fourth-order valence-electron chi connectivity index (χ4n) is 3.74.